The van der Waals surface area contributed by atoms with Gasteiger partial charge in [-0.05, 0) is 24.6 Å². The van der Waals surface area contributed by atoms with Crippen molar-refractivity contribution in [1.82, 2.24) is 0 Å². The maximum atomic E-state index is 9.23. The Morgan fingerprint density at radius 2 is 2.19 bits per heavy atom. The molecule has 0 aromatic heterocycles. The molecule has 5 heteroatoms. The van der Waals surface area contributed by atoms with E-state index in [1.54, 1.807) is 0 Å². The van der Waals surface area contributed by atoms with E-state index in [0.717, 1.165) is 14.9 Å². The maximum absolute atomic E-state index is 9.23. The highest BCUT2D eigenvalue weighted by Crippen LogP contribution is 2.28. The maximum Gasteiger partial charge on any atom is 0.0864 e. The summed E-state index contributed by atoms with van der Waals surface area (Å²) in [6.07, 6.45) is -0.670. The molecule has 0 heterocycles. The molecule has 0 aliphatic rings. The first-order valence-electron chi connectivity index (χ1n) is 5.01. The minimum absolute atomic E-state index is 0.00328. The summed E-state index contributed by atoms with van der Waals surface area (Å²) in [7, 11) is 0. The molecule has 0 saturated carbocycles. The Morgan fingerprint density at radius 1 is 1.50 bits per heavy atom. The highest BCUT2D eigenvalue weighted by atomic mass is 79.9. The molecule has 4 N–H and O–H groups in total. The number of hydrogen-bond donors (Lipinski definition) is 3. The second-order valence-corrected chi connectivity index (χ2v) is 5.57. The molecule has 1 aromatic carbocycles. The molecule has 1 rings (SSSR count). The van der Waals surface area contributed by atoms with Crippen LogP contribution in [0.25, 0.3) is 0 Å². The van der Waals surface area contributed by atoms with E-state index < -0.39 is 6.10 Å². The summed E-state index contributed by atoms with van der Waals surface area (Å²) in [5, 5.41) is 17.9. The van der Waals surface area contributed by atoms with Crippen molar-refractivity contribution >= 4 is 27.7 Å². The minimum Gasteiger partial charge on any atom is -0.394 e. The number of hydrogen-bond acceptors (Lipinski definition) is 4. The molecule has 0 spiro atoms. The standard InChI is InChI=1S/C11H16BrNO2S/c1-7(13)10-3-2-9(4-11(10)12)16-6-8(15)5-14/h2-4,7-8,14-15H,5-6,13H2,1H3/t7-,8?/m1/s1. The molecular weight excluding hydrogens is 290 g/mol. The molecule has 3 nitrogen and oxygen atoms in total. The lowest BCUT2D eigenvalue weighted by Crippen LogP contribution is -2.14. The molecular formula is C11H16BrNO2S. The third kappa shape index (κ3) is 4.07. The third-order valence-electron chi connectivity index (χ3n) is 2.12. The number of rotatable bonds is 5. The average molecular weight is 306 g/mol. The second kappa shape index (κ2) is 6.61. The highest BCUT2D eigenvalue weighted by molar-refractivity contribution is 9.10. The smallest absolute Gasteiger partial charge is 0.0864 e. The Balaban J connectivity index is 2.66. The minimum atomic E-state index is -0.670. The van der Waals surface area contributed by atoms with Crippen LogP contribution in [-0.2, 0) is 0 Å². The summed E-state index contributed by atoms with van der Waals surface area (Å²) < 4.78 is 0.978. The molecule has 90 valence electrons. The van der Waals surface area contributed by atoms with Crippen molar-refractivity contribution in [2.24, 2.45) is 5.73 Å². The van der Waals surface area contributed by atoms with Gasteiger partial charge < -0.3 is 15.9 Å². The summed E-state index contributed by atoms with van der Waals surface area (Å²) in [5.41, 5.74) is 6.86. The number of aliphatic hydroxyl groups excluding tert-OH is 2. The number of benzene rings is 1. The second-order valence-electron chi connectivity index (χ2n) is 3.62. The van der Waals surface area contributed by atoms with Gasteiger partial charge in [-0.2, -0.15) is 0 Å². The highest BCUT2D eigenvalue weighted by Gasteiger charge is 2.07. The lowest BCUT2D eigenvalue weighted by atomic mass is 10.1. The fourth-order valence-corrected chi connectivity index (χ4v) is 2.96. The summed E-state index contributed by atoms with van der Waals surface area (Å²) in [6, 6.07) is 5.92. The summed E-state index contributed by atoms with van der Waals surface area (Å²) >= 11 is 4.97. The molecule has 0 aliphatic heterocycles. The van der Waals surface area contributed by atoms with E-state index >= 15 is 0 Å². The van der Waals surface area contributed by atoms with E-state index in [1.807, 2.05) is 25.1 Å². The van der Waals surface area contributed by atoms with Crippen LogP contribution < -0.4 is 5.73 Å². The lowest BCUT2D eigenvalue weighted by Gasteiger charge is -2.11. The average Bonchev–Trinajstić information content (AvgIpc) is 2.25. The van der Waals surface area contributed by atoms with Gasteiger partial charge in [-0.1, -0.05) is 22.0 Å². The molecule has 0 bridgehead atoms. The first-order chi connectivity index (χ1) is 7.54. The van der Waals surface area contributed by atoms with Crippen LogP contribution >= 0.6 is 27.7 Å². The molecule has 16 heavy (non-hydrogen) atoms. The van der Waals surface area contributed by atoms with E-state index in [2.05, 4.69) is 15.9 Å². The van der Waals surface area contributed by atoms with Crippen LogP contribution in [0.2, 0.25) is 0 Å². The number of halogens is 1. The summed E-state index contributed by atoms with van der Waals surface area (Å²) in [6.45, 7) is 1.73. The normalized spacial score (nSPS) is 14.8. The van der Waals surface area contributed by atoms with E-state index in [1.165, 1.54) is 11.8 Å². The number of thioether (sulfide) groups is 1. The molecule has 1 unspecified atom stereocenters. The van der Waals surface area contributed by atoms with Gasteiger partial charge in [0.1, 0.15) is 0 Å². The van der Waals surface area contributed by atoms with Crippen LogP contribution in [0, 0.1) is 0 Å². The van der Waals surface area contributed by atoms with Gasteiger partial charge in [-0.25, -0.2) is 0 Å². The van der Waals surface area contributed by atoms with E-state index in [4.69, 9.17) is 10.8 Å². The van der Waals surface area contributed by atoms with E-state index in [0.29, 0.717) is 5.75 Å². The Kier molecular flexibility index (Phi) is 5.78. The van der Waals surface area contributed by atoms with Gasteiger partial charge in [0, 0.05) is 21.2 Å². The van der Waals surface area contributed by atoms with Crippen molar-refractivity contribution in [3.63, 3.8) is 0 Å². The van der Waals surface area contributed by atoms with Crippen molar-refractivity contribution in [2.45, 2.75) is 24.0 Å². The monoisotopic (exact) mass is 305 g/mol. The fourth-order valence-electron chi connectivity index (χ4n) is 1.21. The van der Waals surface area contributed by atoms with Gasteiger partial charge >= 0.3 is 0 Å². The summed E-state index contributed by atoms with van der Waals surface area (Å²) in [4.78, 5) is 1.05. The van der Waals surface area contributed by atoms with Crippen molar-refractivity contribution < 1.29 is 10.2 Å². The zero-order valence-corrected chi connectivity index (χ0v) is 11.5. The molecule has 0 saturated heterocycles. The van der Waals surface area contributed by atoms with Gasteiger partial charge in [0.25, 0.3) is 0 Å². The van der Waals surface area contributed by atoms with Crippen LogP contribution in [0.15, 0.2) is 27.6 Å². The van der Waals surface area contributed by atoms with Gasteiger partial charge in [0.05, 0.1) is 12.7 Å². The predicted octanol–water partition coefficient (Wildman–Crippen LogP) is 1.91. The van der Waals surface area contributed by atoms with Crippen LogP contribution in [0.1, 0.15) is 18.5 Å². The van der Waals surface area contributed by atoms with Crippen LogP contribution in [0.5, 0.6) is 0 Å². The van der Waals surface area contributed by atoms with Gasteiger partial charge in [0.2, 0.25) is 0 Å². The van der Waals surface area contributed by atoms with Crippen molar-refractivity contribution in [3.8, 4) is 0 Å². The molecule has 0 amide bonds. The van der Waals surface area contributed by atoms with E-state index in [-0.39, 0.29) is 12.6 Å². The zero-order chi connectivity index (χ0) is 12.1. The molecule has 0 aliphatic carbocycles. The zero-order valence-electron chi connectivity index (χ0n) is 9.06. The lowest BCUT2D eigenvalue weighted by molar-refractivity contribution is 0.113. The topological polar surface area (TPSA) is 66.5 Å². The quantitative estimate of drug-likeness (QED) is 0.727. The third-order valence-corrected chi connectivity index (χ3v) is 3.94. The van der Waals surface area contributed by atoms with Crippen LogP contribution in [0.3, 0.4) is 0 Å². The summed E-state index contributed by atoms with van der Waals surface area (Å²) in [5.74, 6) is 0.487. The Bertz CT molecular complexity index is 347. The molecule has 0 radical (unpaired) electrons. The largest absolute Gasteiger partial charge is 0.394 e. The Morgan fingerprint density at radius 3 is 2.69 bits per heavy atom. The fraction of sp³-hybridized carbons (Fsp3) is 0.455. The first-order valence-corrected chi connectivity index (χ1v) is 6.79. The van der Waals surface area contributed by atoms with E-state index in [9.17, 15) is 5.11 Å². The van der Waals surface area contributed by atoms with Crippen molar-refractivity contribution in [1.29, 1.82) is 0 Å². The molecule has 1 aromatic rings. The van der Waals surface area contributed by atoms with Gasteiger partial charge in [-0.15, -0.1) is 11.8 Å². The van der Waals surface area contributed by atoms with Crippen molar-refractivity contribution in [3.05, 3.63) is 28.2 Å². The first kappa shape index (κ1) is 14.0. The number of aliphatic hydroxyl groups is 2. The number of nitrogens with two attached hydrogens (primary N) is 1. The van der Waals surface area contributed by atoms with Crippen LogP contribution in [0.4, 0.5) is 0 Å². The predicted molar refractivity (Wildman–Crippen MR) is 70.6 cm³/mol. The molecule has 0 fully saturated rings. The van der Waals surface area contributed by atoms with Gasteiger partial charge in [-0.3, -0.25) is 0 Å². The SMILES string of the molecule is C[C@@H](N)c1ccc(SCC(O)CO)cc1Br. The van der Waals surface area contributed by atoms with Crippen molar-refractivity contribution in [2.75, 3.05) is 12.4 Å². The van der Waals surface area contributed by atoms with Gasteiger partial charge in [0.15, 0.2) is 0 Å². The Hall–Kier alpha value is -0.0700. The Labute approximate surface area is 108 Å². The molecule has 2 atom stereocenters. The van der Waals surface area contributed by atoms with Crippen LogP contribution in [-0.4, -0.2) is 28.7 Å².